The van der Waals surface area contributed by atoms with Crippen LogP contribution in [0.25, 0.3) is 6.08 Å². The highest BCUT2D eigenvalue weighted by Gasteiger charge is 2.32. The third-order valence-corrected chi connectivity index (χ3v) is 4.17. The minimum atomic E-state index is -1.82. The summed E-state index contributed by atoms with van der Waals surface area (Å²) in [5, 5.41) is 1.49. The molecule has 5 heteroatoms. The molecule has 0 radical (unpaired) electrons. The van der Waals surface area contributed by atoms with E-state index in [0.29, 0.717) is 5.57 Å². The van der Waals surface area contributed by atoms with Gasteiger partial charge in [0.25, 0.3) is 12.2 Å². The van der Waals surface area contributed by atoms with Crippen molar-refractivity contribution in [3.63, 3.8) is 0 Å². The van der Waals surface area contributed by atoms with Crippen LogP contribution in [0.5, 0.6) is 0 Å². The summed E-state index contributed by atoms with van der Waals surface area (Å²) in [6, 6.07) is 9.21. The van der Waals surface area contributed by atoms with Gasteiger partial charge in [-0.3, -0.25) is 0 Å². The summed E-state index contributed by atoms with van der Waals surface area (Å²) in [4.78, 5) is 0. The van der Waals surface area contributed by atoms with Gasteiger partial charge in [-0.05, 0) is 23.0 Å². The predicted molar refractivity (Wildman–Crippen MR) is 79.1 cm³/mol. The average molecular weight is 312 g/mol. The van der Waals surface area contributed by atoms with E-state index in [1.165, 1.54) is 5.41 Å². The lowest BCUT2D eigenvalue weighted by Crippen LogP contribution is -2.15. The zero-order valence-electron chi connectivity index (χ0n) is 10.9. The van der Waals surface area contributed by atoms with E-state index < -0.39 is 16.9 Å². The van der Waals surface area contributed by atoms with Crippen molar-refractivity contribution < 1.29 is 17.6 Å². The van der Waals surface area contributed by atoms with Crippen molar-refractivity contribution in [2.24, 2.45) is 0 Å². The van der Waals surface area contributed by atoms with E-state index in [-0.39, 0.29) is 6.42 Å². The van der Waals surface area contributed by atoms with Crippen molar-refractivity contribution in [1.29, 1.82) is 0 Å². The second-order valence-corrected chi connectivity index (χ2v) is 5.79. The first-order valence-corrected chi connectivity index (χ1v) is 7.05. The van der Waals surface area contributed by atoms with Crippen LogP contribution in [0.3, 0.4) is 0 Å². The fourth-order valence-corrected chi connectivity index (χ4v) is 3.11. The van der Waals surface area contributed by atoms with E-state index in [4.69, 9.17) is 0 Å². The van der Waals surface area contributed by atoms with Crippen molar-refractivity contribution >= 4 is 17.8 Å². The maximum Gasteiger partial charge on any atom is 0.270 e. The third-order valence-electron chi connectivity index (χ3n) is 2.92. The highest BCUT2D eigenvalue weighted by molar-refractivity contribution is 8.04. The van der Waals surface area contributed by atoms with Gasteiger partial charge in [0.1, 0.15) is 0 Å². The van der Waals surface area contributed by atoms with Crippen LogP contribution in [0, 0.1) is 0 Å². The van der Waals surface area contributed by atoms with E-state index in [1.54, 1.807) is 12.2 Å². The summed E-state index contributed by atoms with van der Waals surface area (Å²) in [7, 11) is 0. The lowest BCUT2D eigenvalue weighted by atomic mass is 9.98. The number of hydrogen-bond donors (Lipinski definition) is 0. The highest BCUT2D eigenvalue weighted by Crippen LogP contribution is 2.45. The number of hydrogen-bond acceptors (Lipinski definition) is 1. The van der Waals surface area contributed by atoms with Crippen molar-refractivity contribution in [3.05, 3.63) is 77.3 Å². The standard InChI is InChI=1S/C16H12F4S/c17-14(18)8-13-9-16(21-11-13,10-15(19)20)7-6-12-4-2-1-3-5-12/h1-8,10-11H,9H2. The Morgan fingerprint density at radius 2 is 1.76 bits per heavy atom. The van der Waals surface area contributed by atoms with Crippen molar-refractivity contribution in [2.75, 3.05) is 0 Å². The molecule has 1 aliphatic rings. The summed E-state index contributed by atoms with van der Waals surface area (Å²) >= 11 is 1.10. The molecule has 0 saturated heterocycles. The van der Waals surface area contributed by atoms with E-state index in [9.17, 15) is 17.6 Å². The van der Waals surface area contributed by atoms with Crippen LogP contribution in [-0.4, -0.2) is 4.75 Å². The molecule has 0 saturated carbocycles. The molecule has 1 aliphatic heterocycles. The molecular formula is C16H12F4S. The van der Waals surface area contributed by atoms with E-state index in [2.05, 4.69) is 0 Å². The van der Waals surface area contributed by atoms with Crippen molar-refractivity contribution in [3.8, 4) is 0 Å². The third kappa shape index (κ3) is 4.63. The van der Waals surface area contributed by atoms with Crippen LogP contribution in [-0.2, 0) is 0 Å². The Hall–Kier alpha value is -1.75. The van der Waals surface area contributed by atoms with Gasteiger partial charge in [0.2, 0.25) is 0 Å². The lowest BCUT2D eigenvalue weighted by molar-refractivity contribution is 0.415. The van der Waals surface area contributed by atoms with Gasteiger partial charge in [-0.15, -0.1) is 11.8 Å². The molecule has 1 aromatic rings. The average Bonchev–Trinajstić information content (AvgIpc) is 2.79. The van der Waals surface area contributed by atoms with Crippen molar-refractivity contribution in [2.45, 2.75) is 11.2 Å². The monoisotopic (exact) mass is 312 g/mol. The van der Waals surface area contributed by atoms with E-state index in [0.717, 1.165) is 29.5 Å². The summed E-state index contributed by atoms with van der Waals surface area (Å²) in [5.74, 6) is 0. The molecule has 0 bridgehead atoms. The molecule has 2 rings (SSSR count). The van der Waals surface area contributed by atoms with Crippen LogP contribution < -0.4 is 0 Å². The molecule has 1 heterocycles. The van der Waals surface area contributed by atoms with Crippen LogP contribution in [0.4, 0.5) is 17.6 Å². The highest BCUT2D eigenvalue weighted by atomic mass is 32.2. The molecule has 21 heavy (non-hydrogen) atoms. The Morgan fingerprint density at radius 3 is 2.38 bits per heavy atom. The van der Waals surface area contributed by atoms with Crippen LogP contribution >= 0.6 is 11.8 Å². The predicted octanol–water partition coefficient (Wildman–Crippen LogP) is 6.02. The molecule has 0 aromatic heterocycles. The van der Waals surface area contributed by atoms with Gasteiger partial charge >= 0.3 is 0 Å². The van der Waals surface area contributed by atoms with E-state index in [1.807, 2.05) is 30.3 Å². The molecule has 0 amide bonds. The Bertz CT molecular complexity index is 608. The SMILES string of the molecule is FC(F)=CC1=CSC(C=Cc2ccccc2)(C=C(F)F)C1. The second kappa shape index (κ2) is 6.80. The molecule has 1 unspecified atom stereocenters. The zero-order chi connectivity index (χ0) is 15.3. The Labute approximate surface area is 124 Å². The number of thioether (sulfide) groups is 1. The van der Waals surface area contributed by atoms with Gasteiger partial charge in [0, 0.05) is 12.2 Å². The Kier molecular flexibility index (Phi) is 5.07. The number of rotatable bonds is 4. The van der Waals surface area contributed by atoms with Gasteiger partial charge in [-0.25, -0.2) is 0 Å². The van der Waals surface area contributed by atoms with Crippen LogP contribution in [0.1, 0.15) is 12.0 Å². The fourth-order valence-electron chi connectivity index (χ4n) is 2.03. The number of allylic oxidation sites excluding steroid dienone is 2. The first-order valence-electron chi connectivity index (χ1n) is 6.17. The summed E-state index contributed by atoms with van der Waals surface area (Å²) in [5.41, 5.74) is 1.21. The van der Waals surface area contributed by atoms with Gasteiger partial charge in [-0.2, -0.15) is 17.6 Å². The van der Waals surface area contributed by atoms with Gasteiger partial charge in [-0.1, -0.05) is 42.5 Å². The minimum absolute atomic E-state index is 0.107. The molecule has 0 nitrogen and oxygen atoms in total. The van der Waals surface area contributed by atoms with Gasteiger partial charge in [0.05, 0.1) is 4.75 Å². The number of benzene rings is 1. The number of halogens is 4. The first-order chi connectivity index (χ1) is 9.99. The van der Waals surface area contributed by atoms with E-state index >= 15 is 0 Å². The largest absolute Gasteiger partial charge is 0.270 e. The smallest absolute Gasteiger partial charge is 0.174 e. The molecule has 0 N–H and O–H groups in total. The van der Waals surface area contributed by atoms with Crippen LogP contribution in [0.15, 0.2) is 71.7 Å². The summed E-state index contributed by atoms with van der Waals surface area (Å²) in [6.07, 6.45) is 1.34. The fraction of sp³-hybridized carbons (Fsp3) is 0.125. The maximum absolute atomic E-state index is 12.7. The first kappa shape index (κ1) is 15.6. The maximum atomic E-state index is 12.7. The molecule has 110 valence electrons. The molecule has 0 aliphatic carbocycles. The molecule has 1 aromatic carbocycles. The molecule has 0 fully saturated rings. The zero-order valence-corrected chi connectivity index (χ0v) is 11.7. The molecule has 0 spiro atoms. The van der Waals surface area contributed by atoms with Gasteiger partial charge < -0.3 is 0 Å². The minimum Gasteiger partial charge on any atom is -0.174 e. The van der Waals surface area contributed by atoms with Crippen LogP contribution in [0.2, 0.25) is 0 Å². The lowest BCUT2D eigenvalue weighted by Gasteiger charge is -2.19. The van der Waals surface area contributed by atoms with Gasteiger partial charge in [0.15, 0.2) is 0 Å². The second-order valence-electron chi connectivity index (χ2n) is 4.55. The van der Waals surface area contributed by atoms with Crippen molar-refractivity contribution in [1.82, 2.24) is 0 Å². The quantitative estimate of drug-likeness (QED) is 0.613. The Balaban J connectivity index is 2.23. The summed E-state index contributed by atoms with van der Waals surface area (Å²) in [6.45, 7) is 0. The topological polar surface area (TPSA) is 0 Å². The summed E-state index contributed by atoms with van der Waals surface area (Å²) < 4.78 is 48.9. The molecular weight excluding hydrogens is 300 g/mol. The molecule has 1 atom stereocenters. The Morgan fingerprint density at radius 1 is 1.05 bits per heavy atom. The normalized spacial score (nSPS) is 21.2.